The predicted molar refractivity (Wildman–Crippen MR) is 57.1 cm³/mol. The molecular weight excluding hydrogens is 194 g/mol. The number of hydrogen-bond acceptors (Lipinski definition) is 4. The van der Waals surface area contributed by atoms with Crippen molar-refractivity contribution >= 4 is 5.97 Å². The van der Waals surface area contributed by atoms with Crippen LogP contribution in [0, 0.1) is 5.92 Å². The van der Waals surface area contributed by atoms with Crippen LogP contribution in [0.3, 0.4) is 0 Å². The highest BCUT2D eigenvalue weighted by Gasteiger charge is 2.39. The fraction of sp³-hybridized carbons (Fsp3) is 0.727. The highest BCUT2D eigenvalue weighted by Crippen LogP contribution is 2.31. The summed E-state index contributed by atoms with van der Waals surface area (Å²) in [6, 6.07) is 0. The normalized spacial score (nSPS) is 32.8. The number of rotatable bonds is 3. The number of carbonyl (C=O) groups excluding carboxylic acids is 1. The molecule has 1 fully saturated rings. The maximum absolute atomic E-state index is 11.3. The van der Waals surface area contributed by atoms with Gasteiger partial charge in [0.25, 0.3) is 0 Å². The summed E-state index contributed by atoms with van der Waals surface area (Å²) in [6.07, 6.45) is 2.24. The number of hydrogen-bond donors (Lipinski definition) is 2. The van der Waals surface area contributed by atoms with Gasteiger partial charge < -0.3 is 15.2 Å². The van der Waals surface area contributed by atoms with Crippen molar-refractivity contribution in [2.24, 2.45) is 5.92 Å². The Hall–Kier alpha value is -1.03. The van der Waals surface area contributed by atoms with Crippen LogP contribution in [0.1, 0.15) is 27.2 Å². The Morgan fingerprint density at radius 1 is 1.73 bits per heavy atom. The van der Waals surface area contributed by atoms with Gasteiger partial charge in [-0.3, -0.25) is 0 Å². The number of nitrogens with one attached hydrogen (secondary N) is 1. The van der Waals surface area contributed by atoms with Crippen LogP contribution < -0.4 is 5.32 Å². The highest BCUT2D eigenvalue weighted by molar-refractivity contribution is 5.82. The van der Waals surface area contributed by atoms with Crippen LogP contribution in [0.2, 0.25) is 0 Å². The zero-order chi connectivity index (χ0) is 11.5. The molecule has 0 radical (unpaired) electrons. The molecule has 1 saturated heterocycles. The van der Waals surface area contributed by atoms with Crippen LogP contribution in [-0.4, -0.2) is 29.8 Å². The van der Waals surface area contributed by atoms with Crippen LogP contribution in [0.4, 0.5) is 0 Å². The Labute approximate surface area is 90.3 Å². The van der Waals surface area contributed by atoms with Crippen molar-refractivity contribution in [2.75, 3.05) is 13.2 Å². The molecule has 15 heavy (non-hydrogen) atoms. The van der Waals surface area contributed by atoms with Crippen molar-refractivity contribution in [3.63, 3.8) is 0 Å². The molecule has 0 spiro atoms. The van der Waals surface area contributed by atoms with Gasteiger partial charge in [0.05, 0.1) is 12.2 Å². The molecule has 0 aromatic rings. The molecule has 2 N–H and O–H groups in total. The van der Waals surface area contributed by atoms with E-state index in [2.05, 4.69) is 5.32 Å². The minimum absolute atomic E-state index is 0.0121. The van der Waals surface area contributed by atoms with E-state index in [1.54, 1.807) is 13.8 Å². The molecule has 1 heterocycles. The fourth-order valence-electron chi connectivity index (χ4n) is 1.98. The molecule has 86 valence electrons. The summed E-state index contributed by atoms with van der Waals surface area (Å²) < 4.78 is 4.83. The van der Waals surface area contributed by atoms with Gasteiger partial charge in [-0.05, 0) is 20.3 Å². The molecule has 0 aromatic heterocycles. The summed E-state index contributed by atoms with van der Waals surface area (Å²) in [6.45, 7) is 6.39. The van der Waals surface area contributed by atoms with E-state index in [9.17, 15) is 9.90 Å². The molecule has 4 heteroatoms. The maximum Gasteiger partial charge on any atom is 0.332 e. The van der Waals surface area contributed by atoms with E-state index < -0.39 is 5.60 Å². The van der Waals surface area contributed by atoms with E-state index in [0.717, 1.165) is 12.1 Å². The highest BCUT2D eigenvalue weighted by atomic mass is 16.5. The lowest BCUT2D eigenvalue weighted by atomic mass is 9.88. The van der Waals surface area contributed by atoms with Gasteiger partial charge in [0.2, 0.25) is 0 Å². The van der Waals surface area contributed by atoms with Crippen LogP contribution in [0.15, 0.2) is 11.8 Å². The molecule has 0 saturated carbocycles. The van der Waals surface area contributed by atoms with Gasteiger partial charge in [0.15, 0.2) is 0 Å². The van der Waals surface area contributed by atoms with Crippen molar-refractivity contribution in [3.05, 3.63) is 11.8 Å². The molecule has 0 amide bonds. The average molecular weight is 213 g/mol. The summed E-state index contributed by atoms with van der Waals surface area (Å²) in [5, 5.41) is 13.1. The lowest BCUT2D eigenvalue weighted by Crippen LogP contribution is -2.33. The Morgan fingerprint density at radius 3 is 2.93 bits per heavy atom. The minimum atomic E-state index is -0.771. The summed E-state index contributed by atoms with van der Waals surface area (Å²) in [4.78, 5) is 11.3. The zero-order valence-corrected chi connectivity index (χ0v) is 9.54. The van der Waals surface area contributed by atoms with E-state index in [1.165, 1.54) is 6.08 Å². The Kier molecular flexibility index (Phi) is 3.74. The van der Waals surface area contributed by atoms with Crippen molar-refractivity contribution in [3.8, 4) is 0 Å². The second-order valence-electron chi connectivity index (χ2n) is 4.02. The summed E-state index contributed by atoms with van der Waals surface area (Å²) >= 11 is 0. The summed E-state index contributed by atoms with van der Waals surface area (Å²) in [5.41, 5.74) is 0.00790. The number of ether oxygens (including phenoxy) is 1. The van der Waals surface area contributed by atoms with Gasteiger partial charge in [0, 0.05) is 24.2 Å². The molecule has 2 atom stereocenters. The number of carbonyl (C=O) groups is 1. The third-order valence-corrected chi connectivity index (χ3v) is 2.74. The van der Waals surface area contributed by atoms with Crippen molar-refractivity contribution in [1.82, 2.24) is 5.32 Å². The first kappa shape index (κ1) is 12.0. The second kappa shape index (κ2) is 4.66. The maximum atomic E-state index is 11.3. The van der Waals surface area contributed by atoms with Crippen molar-refractivity contribution < 1.29 is 14.6 Å². The molecule has 1 aliphatic heterocycles. The smallest absolute Gasteiger partial charge is 0.332 e. The van der Waals surface area contributed by atoms with Gasteiger partial charge in [-0.25, -0.2) is 4.79 Å². The van der Waals surface area contributed by atoms with E-state index in [-0.39, 0.29) is 11.9 Å². The monoisotopic (exact) mass is 213 g/mol. The van der Waals surface area contributed by atoms with Crippen LogP contribution in [0.5, 0.6) is 0 Å². The summed E-state index contributed by atoms with van der Waals surface area (Å²) in [7, 11) is 0. The Morgan fingerprint density at radius 2 is 2.40 bits per heavy atom. The molecular formula is C11H19NO3. The van der Waals surface area contributed by atoms with Crippen LogP contribution >= 0.6 is 0 Å². The third-order valence-electron chi connectivity index (χ3n) is 2.74. The van der Waals surface area contributed by atoms with Gasteiger partial charge in [0.1, 0.15) is 0 Å². The van der Waals surface area contributed by atoms with E-state index >= 15 is 0 Å². The lowest BCUT2D eigenvalue weighted by molar-refractivity contribution is -0.137. The van der Waals surface area contributed by atoms with E-state index in [1.807, 2.05) is 6.92 Å². The SMILES string of the molecule is CCOC(=O)/C=C1\NCC(C)(O)C1CC. The zero-order valence-electron chi connectivity index (χ0n) is 9.54. The first-order valence-electron chi connectivity index (χ1n) is 5.35. The fourth-order valence-corrected chi connectivity index (χ4v) is 1.98. The van der Waals surface area contributed by atoms with Gasteiger partial charge in [-0.2, -0.15) is 0 Å². The largest absolute Gasteiger partial charge is 0.463 e. The van der Waals surface area contributed by atoms with Gasteiger partial charge in [-0.15, -0.1) is 0 Å². The molecule has 1 aliphatic rings. The van der Waals surface area contributed by atoms with Crippen molar-refractivity contribution in [1.29, 1.82) is 0 Å². The number of aliphatic hydroxyl groups is 1. The van der Waals surface area contributed by atoms with Crippen LogP contribution in [0.25, 0.3) is 0 Å². The lowest BCUT2D eigenvalue weighted by Gasteiger charge is -2.22. The van der Waals surface area contributed by atoms with Gasteiger partial charge in [-0.1, -0.05) is 6.92 Å². The van der Waals surface area contributed by atoms with E-state index in [0.29, 0.717) is 13.2 Å². The molecule has 0 aromatic carbocycles. The first-order valence-corrected chi connectivity index (χ1v) is 5.35. The third kappa shape index (κ3) is 2.72. The molecule has 0 bridgehead atoms. The standard InChI is InChI=1S/C11H19NO3/c1-4-8-9(6-10(13)15-5-2)12-7-11(8,3)14/h6,8,12,14H,4-5,7H2,1-3H3/b9-6-. The number of esters is 1. The average Bonchev–Trinajstić information content (AvgIpc) is 2.41. The number of β-amino-alcohol motifs (C(OH)–C–C–N with tert-alkyl or cyclic N) is 1. The van der Waals surface area contributed by atoms with Crippen LogP contribution in [-0.2, 0) is 9.53 Å². The molecule has 4 nitrogen and oxygen atoms in total. The van der Waals surface area contributed by atoms with E-state index in [4.69, 9.17) is 4.74 Å². The molecule has 2 unspecified atom stereocenters. The summed E-state index contributed by atoms with van der Waals surface area (Å²) in [5.74, 6) is -0.363. The second-order valence-corrected chi connectivity index (χ2v) is 4.02. The van der Waals surface area contributed by atoms with Gasteiger partial charge >= 0.3 is 5.97 Å². The predicted octanol–water partition coefficient (Wildman–Crippen LogP) is 0.814. The van der Waals surface area contributed by atoms with Crippen molar-refractivity contribution in [2.45, 2.75) is 32.8 Å². The topological polar surface area (TPSA) is 58.6 Å². The first-order chi connectivity index (χ1) is 7.01. The molecule has 0 aliphatic carbocycles. The Bertz CT molecular complexity index is 271. The minimum Gasteiger partial charge on any atom is -0.463 e. The Balaban J connectivity index is 2.75. The quantitative estimate of drug-likeness (QED) is 0.538. The molecule has 1 rings (SSSR count).